The van der Waals surface area contributed by atoms with Gasteiger partial charge in [-0.25, -0.2) is 0 Å². The van der Waals surface area contributed by atoms with Crippen LogP contribution in [0.4, 0.5) is 11.4 Å². The van der Waals surface area contributed by atoms with Crippen molar-refractivity contribution in [2.75, 3.05) is 11.9 Å². The highest BCUT2D eigenvalue weighted by Gasteiger charge is 2.29. The van der Waals surface area contributed by atoms with Crippen LogP contribution in [-0.4, -0.2) is 17.4 Å². The average molecular weight is 251 g/mol. The van der Waals surface area contributed by atoms with E-state index in [1.54, 1.807) is 13.0 Å². The number of nitrogens with one attached hydrogen (secondary N) is 1. The molecule has 0 radical (unpaired) electrons. The highest BCUT2D eigenvalue weighted by atomic mass is 16.6. The van der Waals surface area contributed by atoms with Crippen molar-refractivity contribution >= 4 is 17.3 Å². The Morgan fingerprint density at radius 2 is 2.22 bits per heavy atom. The number of rotatable bonds is 5. The molecule has 1 atom stereocenters. The lowest BCUT2D eigenvalue weighted by atomic mass is 9.86. The lowest BCUT2D eigenvalue weighted by Gasteiger charge is -2.24. The molecule has 6 nitrogen and oxygen atoms in total. The summed E-state index contributed by atoms with van der Waals surface area (Å²) in [5.74, 6) is -0.229. The molecule has 0 bridgehead atoms. The molecule has 0 spiro atoms. The molecule has 0 saturated heterocycles. The Balaban J connectivity index is 2.88. The lowest BCUT2D eigenvalue weighted by Crippen LogP contribution is -2.39. The minimum Gasteiger partial charge on any atom is -0.329 e. The minimum atomic E-state index is -0.662. The molecular weight excluding hydrogens is 234 g/mol. The molecule has 0 saturated carbocycles. The van der Waals surface area contributed by atoms with E-state index >= 15 is 0 Å². The van der Waals surface area contributed by atoms with E-state index in [0.29, 0.717) is 12.1 Å². The molecular formula is C12H17N3O3. The molecule has 1 aromatic carbocycles. The Morgan fingerprint density at radius 1 is 1.56 bits per heavy atom. The summed E-state index contributed by atoms with van der Waals surface area (Å²) in [7, 11) is 0. The van der Waals surface area contributed by atoms with Crippen LogP contribution in [0.3, 0.4) is 0 Å². The molecule has 1 rings (SSSR count). The number of amides is 1. The third-order valence-corrected chi connectivity index (χ3v) is 3.09. The maximum absolute atomic E-state index is 12.0. The van der Waals surface area contributed by atoms with E-state index in [0.717, 1.165) is 0 Å². The largest absolute Gasteiger partial charge is 0.329 e. The number of carbonyl (C=O) groups is 1. The van der Waals surface area contributed by atoms with Gasteiger partial charge in [0.2, 0.25) is 5.91 Å². The van der Waals surface area contributed by atoms with Crippen LogP contribution in [0.25, 0.3) is 0 Å². The van der Waals surface area contributed by atoms with Gasteiger partial charge in [-0.2, -0.15) is 0 Å². The van der Waals surface area contributed by atoms with E-state index in [9.17, 15) is 14.9 Å². The van der Waals surface area contributed by atoms with Crippen LogP contribution in [0.2, 0.25) is 0 Å². The number of non-ortho nitro benzene ring substituents is 1. The molecule has 1 aromatic rings. The highest BCUT2D eigenvalue weighted by molar-refractivity contribution is 5.95. The summed E-state index contributed by atoms with van der Waals surface area (Å²) in [6.07, 6.45) is 0.601. The summed E-state index contributed by atoms with van der Waals surface area (Å²) in [4.78, 5) is 22.1. The quantitative estimate of drug-likeness (QED) is 0.616. The third kappa shape index (κ3) is 3.04. The lowest BCUT2D eigenvalue weighted by molar-refractivity contribution is -0.384. The first-order valence-electron chi connectivity index (χ1n) is 5.69. The van der Waals surface area contributed by atoms with Crippen LogP contribution in [0.15, 0.2) is 24.3 Å². The Kier molecular flexibility index (Phi) is 4.38. The van der Waals surface area contributed by atoms with Gasteiger partial charge in [-0.15, -0.1) is 0 Å². The van der Waals surface area contributed by atoms with Crippen molar-refractivity contribution < 1.29 is 9.72 Å². The predicted molar refractivity (Wildman–Crippen MR) is 69.2 cm³/mol. The molecule has 0 aromatic heterocycles. The van der Waals surface area contributed by atoms with Crippen molar-refractivity contribution in [3.05, 3.63) is 34.4 Å². The summed E-state index contributed by atoms with van der Waals surface area (Å²) in [6, 6.07) is 5.83. The van der Waals surface area contributed by atoms with Gasteiger partial charge >= 0.3 is 0 Å². The summed E-state index contributed by atoms with van der Waals surface area (Å²) < 4.78 is 0. The Morgan fingerprint density at radius 3 is 2.72 bits per heavy atom. The van der Waals surface area contributed by atoms with Gasteiger partial charge in [0.1, 0.15) is 0 Å². The molecule has 1 unspecified atom stereocenters. The summed E-state index contributed by atoms with van der Waals surface area (Å²) in [5, 5.41) is 13.3. The predicted octanol–water partition coefficient (Wildman–Crippen LogP) is 1.91. The first-order chi connectivity index (χ1) is 8.42. The van der Waals surface area contributed by atoms with Crippen LogP contribution in [-0.2, 0) is 4.79 Å². The van der Waals surface area contributed by atoms with Gasteiger partial charge in [-0.1, -0.05) is 13.0 Å². The first-order valence-corrected chi connectivity index (χ1v) is 5.69. The van der Waals surface area contributed by atoms with Gasteiger partial charge in [-0.3, -0.25) is 14.9 Å². The van der Waals surface area contributed by atoms with Gasteiger partial charge in [0, 0.05) is 24.4 Å². The van der Waals surface area contributed by atoms with Crippen LogP contribution in [0.1, 0.15) is 20.3 Å². The van der Waals surface area contributed by atoms with Crippen molar-refractivity contribution in [2.45, 2.75) is 20.3 Å². The molecule has 1 amide bonds. The minimum absolute atomic E-state index is 0.0567. The van der Waals surface area contributed by atoms with Gasteiger partial charge < -0.3 is 11.1 Å². The number of nitro benzene ring substituents is 1. The monoisotopic (exact) mass is 251 g/mol. The Bertz CT molecular complexity index is 456. The normalized spacial score (nSPS) is 13.7. The second kappa shape index (κ2) is 5.59. The highest BCUT2D eigenvalue weighted by Crippen LogP contribution is 2.23. The van der Waals surface area contributed by atoms with Crippen molar-refractivity contribution in [2.24, 2.45) is 11.1 Å². The number of nitro groups is 1. The van der Waals surface area contributed by atoms with Crippen LogP contribution >= 0.6 is 0 Å². The zero-order chi connectivity index (χ0) is 13.8. The first kappa shape index (κ1) is 14.1. The van der Waals surface area contributed by atoms with E-state index in [2.05, 4.69) is 5.32 Å². The van der Waals surface area contributed by atoms with Gasteiger partial charge in [0.05, 0.1) is 10.3 Å². The SMILES string of the molecule is CCC(C)(CN)C(=O)Nc1cccc([N+](=O)[O-])c1. The maximum Gasteiger partial charge on any atom is 0.271 e. The molecule has 0 aliphatic carbocycles. The van der Waals surface area contributed by atoms with Crippen molar-refractivity contribution in [1.29, 1.82) is 0 Å². The number of hydrogen-bond donors (Lipinski definition) is 2. The molecule has 0 aliphatic rings. The Hall–Kier alpha value is -1.95. The fourth-order valence-corrected chi connectivity index (χ4v) is 1.38. The van der Waals surface area contributed by atoms with Crippen LogP contribution in [0, 0.1) is 15.5 Å². The molecule has 3 N–H and O–H groups in total. The van der Waals surface area contributed by atoms with Crippen LogP contribution in [0.5, 0.6) is 0 Å². The number of hydrogen-bond acceptors (Lipinski definition) is 4. The van der Waals surface area contributed by atoms with E-state index in [-0.39, 0.29) is 18.1 Å². The summed E-state index contributed by atoms with van der Waals surface area (Å²) in [6.45, 7) is 3.86. The number of nitrogens with zero attached hydrogens (tertiary/aromatic N) is 1. The molecule has 0 fully saturated rings. The fourth-order valence-electron chi connectivity index (χ4n) is 1.38. The van der Waals surface area contributed by atoms with Gasteiger partial charge in [-0.05, 0) is 19.4 Å². The van der Waals surface area contributed by atoms with Gasteiger partial charge in [0.15, 0.2) is 0 Å². The molecule has 0 heterocycles. The second-order valence-corrected chi connectivity index (χ2v) is 4.38. The Labute approximate surface area is 105 Å². The van der Waals surface area contributed by atoms with Crippen LogP contribution < -0.4 is 11.1 Å². The van der Waals surface area contributed by atoms with E-state index in [1.165, 1.54) is 18.2 Å². The maximum atomic E-state index is 12.0. The van der Waals surface area contributed by atoms with Crippen molar-refractivity contribution in [1.82, 2.24) is 0 Å². The third-order valence-electron chi connectivity index (χ3n) is 3.09. The molecule has 18 heavy (non-hydrogen) atoms. The van der Waals surface area contributed by atoms with E-state index in [4.69, 9.17) is 5.73 Å². The fraction of sp³-hybridized carbons (Fsp3) is 0.417. The average Bonchev–Trinajstić information content (AvgIpc) is 2.38. The zero-order valence-electron chi connectivity index (χ0n) is 10.5. The topological polar surface area (TPSA) is 98.3 Å². The second-order valence-electron chi connectivity index (χ2n) is 4.38. The smallest absolute Gasteiger partial charge is 0.271 e. The van der Waals surface area contributed by atoms with Crippen molar-refractivity contribution in [3.63, 3.8) is 0 Å². The summed E-state index contributed by atoms with van der Waals surface area (Å²) in [5.41, 5.74) is 5.27. The number of benzene rings is 1. The van der Waals surface area contributed by atoms with E-state index < -0.39 is 10.3 Å². The molecule has 98 valence electrons. The summed E-state index contributed by atoms with van der Waals surface area (Å²) >= 11 is 0. The number of carbonyl (C=O) groups excluding carboxylic acids is 1. The molecule has 6 heteroatoms. The van der Waals surface area contributed by atoms with Crippen molar-refractivity contribution in [3.8, 4) is 0 Å². The number of nitrogens with two attached hydrogens (primary N) is 1. The standard InChI is InChI=1S/C12H17N3O3/c1-3-12(2,8-13)11(16)14-9-5-4-6-10(7-9)15(17)18/h4-7H,3,8,13H2,1-2H3,(H,14,16). The molecule has 0 aliphatic heterocycles. The number of anilines is 1. The zero-order valence-corrected chi connectivity index (χ0v) is 10.5. The van der Waals surface area contributed by atoms with Gasteiger partial charge in [0.25, 0.3) is 5.69 Å². The van der Waals surface area contributed by atoms with E-state index in [1.807, 2.05) is 6.92 Å².